The molecule has 2 atom stereocenters. The molecule has 0 bridgehead atoms. The lowest BCUT2D eigenvalue weighted by Crippen LogP contribution is -2.25. The molecule has 0 radical (unpaired) electrons. The highest BCUT2D eigenvalue weighted by molar-refractivity contribution is 5.98. The molecule has 0 saturated carbocycles. The van der Waals surface area contributed by atoms with Crippen molar-refractivity contribution in [3.8, 4) is 0 Å². The molecule has 0 N–H and O–H groups in total. The molecule has 0 fully saturated rings. The summed E-state index contributed by atoms with van der Waals surface area (Å²) in [5.41, 5.74) is 0. The molecule has 0 heterocycles. The van der Waals surface area contributed by atoms with Crippen LogP contribution in [0.25, 0.3) is 0 Å². The molecule has 2 unspecified atom stereocenters. The smallest absolute Gasteiger partial charge is 0.304 e. The molecular formula is C8H16O4Si. The van der Waals surface area contributed by atoms with Crippen molar-refractivity contribution in [1.29, 1.82) is 0 Å². The van der Waals surface area contributed by atoms with E-state index in [1.165, 1.54) is 6.92 Å². The van der Waals surface area contributed by atoms with Gasteiger partial charge in [0.25, 0.3) is 0 Å². The largest absolute Gasteiger partial charge is 0.436 e. The first kappa shape index (κ1) is 12.3. The highest BCUT2D eigenvalue weighted by atomic mass is 28.2. The van der Waals surface area contributed by atoms with Gasteiger partial charge in [-0.2, -0.15) is 0 Å². The fraction of sp³-hybridized carbons (Fsp3) is 0.625. The Morgan fingerprint density at radius 3 is 2.69 bits per heavy atom. The first-order valence-electron chi connectivity index (χ1n) is 4.06. The second kappa shape index (κ2) is 6.82. The van der Waals surface area contributed by atoms with Gasteiger partial charge >= 0.3 is 5.97 Å². The Kier molecular flexibility index (Phi) is 6.48. The van der Waals surface area contributed by atoms with Gasteiger partial charge in [-0.15, -0.1) is 6.58 Å². The van der Waals surface area contributed by atoms with Crippen LogP contribution < -0.4 is 0 Å². The van der Waals surface area contributed by atoms with Crippen molar-refractivity contribution in [2.24, 2.45) is 0 Å². The van der Waals surface area contributed by atoms with Gasteiger partial charge in [-0.3, -0.25) is 4.79 Å². The van der Waals surface area contributed by atoms with Gasteiger partial charge in [-0.1, -0.05) is 6.08 Å². The lowest BCUT2D eigenvalue weighted by molar-refractivity contribution is -0.211. The van der Waals surface area contributed by atoms with Gasteiger partial charge in [-0.25, -0.2) is 0 Å². The van der Waals surface area contributed by atoms with Crippen LogP contribution in [0.5, 0.6) is 0 Å². The lowest BCUT2D eigenvalue weighted by Gasteiger charge is -2.20. The molecule has 0 amide bonds. The van der Waals surface area contributed by atoms with E-state index in [1.54, 1.807) is 13.0 Å². The van der Waals surface area contributed by atoms with E-state index in [0.717, 1.165) is 0 Å². The maximum Gasteiger partial charge on any atom is 0.304 e. The van der Waals surface area contributed by atoms with Crippen LogP contribution in [0, 0.1) is 0 Å². The summed E-state index contributed by atoms with van der Waals surface area (Å²) in [4.78, 5) is 10.6. The quantitative estimate of drug-likeness (QED) is 0.267. The third-order valence-electron chi connectivity index (χ3n) is 1.33. The van der Waals surface area contributed by atoms with Crippen molar-refractivity contribution < 1.29 is 18.7 Å². The zero-order valence-electron chi connectivity index (χ0n) is 8.28. The van der Waals surface area contributed by atoms with Crippen molar-refractivity contribution in [2.75, 3.05) is 0 Å². The normalized spacial score (nSPS) is 14.9. The summed E-state index contributed by atoms with van der Waals surface area (Å²) in [6.07, 6.45) is 1.18. The Balaban J connectivity index is 3.92. The molecule has 0 rings (SSSR count). The van der Waals surface area contributed by atoms with Crippen LogP contribution in [-0.4, -0.2) is 29.0 Å². The van der Waals surface area contributed by atoms with Gasteiger partial charge in [0.15, 0.2) is 0 Å². The van der Waals surface area contributed by atoms with Crippen LogP contribution in [0.2, 0.25) is 0 Å². The van der Waals surface area contributed by atoms with E-state index in [0.29, 0.717) is 16.9 Å². The van der Waals surface area contributed by atoms with E-state index in [9.17, 15) is 4.79 Å². The Labute approximate surface area is 81.4 Å². The van der Waals surface area contributed by atoms with E-state index < -0.39 is 6.29 Å². The van der Waals surface area contributed by atoms with Gasteiger partial charge in [0, 0.05) is 13.3 Å². The number of esters is 1. The SMILES string of the molecule is C=CCC(OC(C)=O)OC(C)O[SiH3]. The van der Waals surface area contributed by atoms with Crippen LogP contribution in [0.15, 0.2) is 12.7 Å². The van der Waals surface area contributed by atoms with Crippen molar-refractivity contribution >= 4 is 16.5 Å². The Bertz CT molecular complexity index is 172. The van der Waals surface area contributed by atoms with E-state index in [-0.39, 0.29) is 12.3 Å². The monoisotopic (exact) mass is 204 g/mol. The van der Waals surface area contributed by atoms with E-state index >= 15 is 0 Å². The maximum absolute atomic E-state index is 10.6. The fourth-order valence-corrected chi connectivity index (χ4v) is 0.833. The molecule has 5 heteroatoms. The predicted molar refractivity (Wildman–Crippen MR) is 51.9 cm³/mol. The zero-order valence-corrected chi connectivity index (χ0v) is 10.3. The molecule has 0 aliphatic heterocycles. The molecule has 4 nitrogen and oxygen atoms in total. The fourth-order valence-electron chi connectivity index (χ4n) is 0.722. The summed E-state index contributed by atoms with van der Waals surface area (Å²) < 4.78 is 15.1. The molecule has 0 aromatic carbocycles. The number of ether oxygens (including phenoxy) is 2. The van der Waals surface area contributed by atoms with Gasteiger partial charge in [-0.05, 0) is 6.92 Å². The third-order valence-corrected chi connectivity index (χ3v) is 2.00. The average molecular weight is 204 g/mol. The number of carbonyl (C=O) groups is 1. The summed E-state index contributed by atoms with van der Waals surface area (Å²) in [6.45, 7) is 6.63. The summed E-state index contributed by atoms with van der Waals surface area (Å²) in [5, 5.41) is 0. The molecule has 0 spiro atoms. The standard InChI is InChI=1S/C8H16O4Si/c1-4-5-8(10-6(2)9)11-7(3)12-13/h4,7-8H,1,5H2,2-3,13H3. The molecule has 0 aromatic heterocycles. The van der Waals surface area contributed by atoms with Gasteiger partial charge in [0.05, 0.1) is 0 Å². The minimum Gasteiger partial charge on any atom is -0.436 e. The number of carbonyl (C=O) groups excluding carboxylic acids is 1. The van der Waals surface area contributed by atoms with Crippen molar-refractivity contribution in [3.05, 3.63) is 12.7 Å². The van der Waals surface area contributed by atoms with E-state index in [4.69, 9.17) is 13.9 Å². The first-order chi connectivity index (χ1) is 6.10. The number of rotatable bonds is 6. The van der Waals surface area contributed by atoms with Crippen LogP contribution in [0.1, 0.15) is 20.3 Å². The minimum absolute atomic E-state index is 0.337. The van der Waals surface area contributed by atoms with Gasteiger partial charge < -0.3 is 13.9 Å². The van der Waals surface area contributed by atoms with Crippen LogP contribution >= 0.6 is 0 Å². The second-order valence-corrected chi connectivity index (χ2v) is 2.97. The zero-order chi connectivity index (χ0) is 10.3. The van der Waals surface area contributed by atoms with Gasteiger partial charge in [0.1, 0.15) is 16.8 Å². The van der Waals surface area contributed by atoms with Crippen molar-refractivity contribution in [2.45, 2.75) is 32.8 Å². The summed E-state index contributed by atoms with van der Waals surface area (Å²) in [6, 6.07) is 0. The number of hydrogen-bond donors (Lipinski definition) is 0. The molecule has 0 aliphatic carbocycles. The minimum atomic E-state index is -0.584. The molecule has 0 saturated heterocycles. The van der Waals surface area contributed by atoms with Crippen LogP contribution in [0.4, 0.5) is 0 Å². The molecule has 13 heavy (non-hydrogen) atoms. The second-order valence-electron chi connectivity index (χ2n) is 2.50. The third kappa shape index (κ3) is 6.50. The van der Waals surface area contributed by atoms with Crippen LogP contribution in [-0.2, 0) is 18.7 Å². The van der Waals surface area contributed by atoms with E-state index in [1.807, 2.05) is 0 Å². The first-order valence-corrected chi connectivity index (χ1v) is 4.88. The highest BCUT2D eigenvalue weighted by Gasteiger charge is 2.13. The Morgan fingerprint density at radius 1 is 1.69 bits per heavy atom. The predicted octanol–water partition coefficient (Wildman–Crippen LogP) is 0.111. The van der Waals surface area contributed by atoms with Crippen molar-refractivity contribution in [3.63, 3.8) is 0 Å². The summed E-state index contributed by atoms with van der Waals surface area (Å²) >= 11 is 0. The summed E-state index contributed by atoms with van der Waals surface area (Å²) in [7, 11) is 0.590. The topological polar surface area (TPSA) is 44.8 Å². The molecule has 0 aromatic rings. The maximum atomic E-state index is 10.6. The molecular weight excluding hydrogens is 188 g/mol. The lowest BCUT2D eigenvalue weighted by atomic mass is 10.4. The number of hydrogen-bond acceptors (Lipinski definition) is 4. The Morgan fingerprint density at radius 2 is 2.31 bits per heavy atom. The van der Waals surface area contributed by atoms with E-state index in [2.05, 4.69) is 6.58 Å². The highest BCUT2D eigenvalue weighted by Crippen LogP contribution is 2.06. The average Bonchev–Trinajstić information content (AvgIpc) is 2.03. The molecule has 76 valence electrons. The van der Waals surface area contributed by atoms with Crippen molar-refractivity contribution in [1.82, 2.24) is 0 Å². The van der Waals surface area contributed by atoms with Crippen LogP contribution in [0.3, 0.4) is 0 Å². The van der Waals surface area contributed by atoms with Gasteiger partial charge in [0.2, 0.25) is 6.29 Å². The summed E-state index contributed by atoms with van der Waals surface area (Å²) in [5.74, 6) is -0.368. The molecule has 0 aliphatic rings. The Hall–Kier alpha value is -0.653.